The van der Waals surface area contributed by atoms with Crippen LogP contribution in [0.25, 0.3) is 0 Å². The van der Waals surface area contributed by atoms with Crippen molar-refractivity contribution in [3.05, 3.63) is 22.8 Å². The number of esters is 1. The molecule has 1 aliphatic rings. The van der Waals surface area contributed by atoms with E-state index in [-0.39, 0.29) is 11.4 Å². The van der Waals surface area contributed by atoms with Crippen molar-refractivity contribution in [1.29, 1.82) is 0 Å². The Balaban J connectivity index is 2.45. The number of aromatic nitrogens is 2. The van der Waals surface area contributed by atoms with E-state index in [1.165, 1.54) is 7.11 Å². The molecule has 0 bridgehead atoms. The van der Waals surface area contributed by atoms with E-state index in [0.29, 0.717) is 12.2 Å². The summed E-state index contributed by atoms with van der Waals surface area (Å²) in [6.07, 6.45) is 1.51. The lowest BCUT2D eigenvalue weighted by molar-refractivity contribution is 0.0591. The van der Waals surface area contributed by atoms with Crippen molar-refractivity contribution in [2.75, 3.05) is 13.7 Å². The average Bonchev–Trinajstić information content (AvgIpc) is 2.35. The molecule has 0 fully saturated rings. The molecule has 5 heteroatoms. The summed E-state index contributed by atoms with van der Waals surface area (Å²) in [4.78, 5) is 20.9. The van der Waals surface area contributed by atoms with E-state index in [9.17, 15) is 4.79 Å². The summed E-state index contributed by atoms with van der Waals surface area (Å²) in [5.41, 5.74) is 2.39. The van der Waals surface area contributed by atoms with Crippen molar-refractivity contribution >= 4 is 5.97 Å². The van der Waals surface area contributed by atoms with Crippen LogP contribution in [0.3, 0.4) is 0 Å². The Morgan fingerprint density at radius 1 is 1.37 bits per heavy atom. The van der Waals surface area contributed by atoms with Gasteiger partial charge in [0.2, 0.25) is 0 Å². The van der Waals surface area contributed by atoms with Crippen LogP contribution in [-0.2, 0) is 24.1 Å². The minimum Gasteiger partial charge on any atom is -0.464 e. The maximum absolute atomic E-state index is 11.9. The highest BCUT2D eigenvalue weighted by Crippen LogP contribution is 2.22. The molecule has 104 valence electrons. The minimum atomic E-state index is -0.365. The molecule has 1 aliphatic heterocycles. The number of nitrogens with one attached hydrogen (secondary N) is 1. The van der Waals surface area contributed by atoms with Crippen LogP contribution in [0.4, 0.5) is 0 Å². The fourth-order valence-corrected chi connectivity index (χ4v) is 2.23. The Bertz CT molecular complexity index is 492. The minimum absolute atomic E-state index is 0.0870. The third-order valence-electron chi connectivity index (χ3n) is 3.05. The largest absolute Gasteiger partial charge is 0.464 e. The molecule has 2 heterocycles. The second-order valence-corrected chi connectivity index (χ2v) is 6.07. The molecular formula is C14H21N3O2. The van der Waals surface area contributed by atoms with Gasteiger partial charge in [-0.25, -0.2) is 14.8 Å². The lowest BCUT2D eigenvalue weighted by atomic mass is 9.91. The first-order valence-electron chi connectivity index (χ1n) is 6.58. The third kappa shape index (κ3) is 3.29. The van der Waals surface area contributed by atoms with E-state index < -0.39 is 0 Å². The van der Waals surface area contributed by atoms with E-state index in [4.69, 9.17) is 4.74 Å². The van der Waals surface area contributed by atoms with Gasteiger partial charge in [0.05, 0.1) is 12.8 Å². The van der Waals surface area contributed by atoms with Gasteiger partial charge in [-0.3, -0.25) is 0 Å². The van der Waals surface area contributed by atoms with E-state index >= 15 is 0 Å². The fourth-order valence-electron chi connectivity index (χ4n) is 2.23. The molecule has 0 spiro atoms. The van der Waals surface area contributed by atoms with Crippen molar-refractivity contribution in [2.24, 2.45) is 5.41 Å². The summed E-state index contributed by atoms with van der Waals surface area (Å²) in [5, 5.41) is 3.27. The van der Waals surface area contributed by atoms with Crippen LogP contribution in [0, 0.1) is 5.41 Å². The molecule has 1 aromatic rings. The summed E-state index contributed by atoms with van der Waals surface area (Å²) in [6.45, 7) is 7.93. The Hall–Kier alpha value is -1.49. The van der Waals surface area contributed by atoms with Crippen LogP contribution in [0.5, 0.6) is 0 Å². The number of fused-ring (bicyclic) bond motifs is 1. The van der Waals surface area contributed by atoms with E-state index in [1.807, 2.05) is 0 Å². The number of hydrogen-bond acceptors (Lipinski definition) is 5. The van der Waals surface area contributed by atoms with Gasteiger partial charge >= 0.3 is 5.97 Å². The summed E-state index contributed by atoms with van der Waals surface area (Å²) >= 11 is 0. The number of ether oxygens (including phenoxy) is 1. The molecule has 0 atom stereocenters. The predicted octanol–water partition coefficient (Wildman–Crippen LogP) is 1.50. The van der Waals surface area contributed by atoms with Gasteiger partial charge in [-0.2, -0.15) is 0 Å². The Morgan fingerprint density at radius 3 is 2.74 bits per heavy atom. The van der Waals surface area contributed by atoms with Crippen molar-refractivity contribution < 1.29 is 9.53 Å². The standard InChI is InChI=1S/C14H21N3O2/c1-14(2,3)7-11-16-10-8-15-6-5-9(10)12(17-11)13(18)19-4/h15H,5-8H2,1-4H3. The van der Waals surface area contributed by atoms with E-state index in [2.05, 4.69) is 36.1 Å². The number of carbonyl (C=O) groups is 1. The van der Waals surface area contributed by atoms with Gasteiger partial charge in [-0.15, -0.1) is 0 Å². The molecule has 0 aromatic carbocycles. The number of methoxy groups -OCH3 is 1. The second kappa shape index (κ2) is 5.25. The SMILES string of the molecule is COC(=O)c1nc(CC(C)(C)C)nc2c1CCNC2. The molecule has 1 aromatic heterocycles. The lowest BCUT2D eigenvalue weighted by Crippen LogP contribution is -2.29. The molecule has 1 N–H and O–H groups in total. The van der Waals surface area contributed by atoms with Gasteiger partial charge < -0.3 is 10.1 Å². The van der Waals surface area contributed by atoms with Crippen molar-refractivity contribution in [2.45, 2.75) is 40.2 Å². The first kappa shape index (κ1) is 13.9. The zero-order valence-electron chi connectivity index (χ0n) is 12.0. The second-order valence-electron chi connectivity index (χ2n) is 6.07. The van der Waals surface area contributed by atoms with E-state index in [0.717, 1.165) is 36.5 Å². The molecule has 0 saturated carbocycles. The highest BCUT2D eigenvalue weighted by atomic mass is 16.5. The highest BCUT2D eigenvalue weighted by Gasteiger charge is 2.24. The van der Waals surface area contributed by atoms with Gasteiger partial charge in [-0.05, 0) is 18.4 Å². The average molecular weight is 263 g/mol. The highest BCUT2D eigenvalue weighted by molar-refractivity contribution is 5.89. The molecule has 19 heavy (non-hydrogen) atoms. The monoisotopic (exact) mass is 263 g/mol. The summed E-state index contributed by atoms with van der Waals surface area (Å²) in [5.74, 6) is 0.353. The zero-order chi connectivity index (χ0) is 14.0. The van der Waals surface area contributed by atoms with Crippen LogP contribution in [0.1, 0.15) is 48.3 Å². The Labute approximate surface area is 113 Å². The Morgan fingerprint density at radius 2 is 2.11 bits per heavy atom. The number of hydrogen-bond donors (Lipinski definition) is 1. The van der Waals surface area contributed by atoms with Crippen molar-refractivity contribution in [3.63, 3.8) is 0 Å². The molecule has 2 rings (SSSR count). The molecule has 0 amide bonds. The molecule has 0 radical (unpaired) electrons. The van der Waals surface area contributed by atoms with Gasteiger partial charge in [0.1, 0.15) is 5.82 Å². The van der Waals surface area contributed by atoms with Crippen molar-refractivity contribution in [1.82, 2.24) is 15.3 Å². The zero-order valence-corrected chi connectivity index (χ0v) is 12.0. The van der Waals surface area contributed by atoms with Gasteiger partial charge in [0.25, 0.3) is 0 Å². The van der Waals surface area contributed by atoms with Gasteiger partial charge in [-0.1, -0.05) is 20.8 Å². The first-order valence-corrected chi connectivity index (χ1v) is 6.58. The maximum Gasteiger partial charge on any atom is 0.357 e. The topological polar surface area (TPSA) is 64.1 Å². The third-order valence-corrected chi connectivity index (χ3v) is 3.05. The normalized spacial score (nSPS) is 14.9. The van der Waals surface area contributed by atoms with E-state index in [1.54, 1.807) is 0 Å². The molecule has 0 unspecified atom stereocenters. The maximum atomic E-state index is 11.9. The van der Waals surface area contributed by atoms with Crippen LogP contribution in [0.2, 0.25) is 0 Å². The number of rotatable bonds is 2. The molecular weight excluding hydrogens is 242 g/mol. The van der Waals surface area contributed by atoms with Crippen LogP contribution in [0.15, 0.2) is 0 Å². The number of nitrogens with zero attached hydrogens (tertiary/aromatic N) is 2. The Kier molecular flexibility index (Phi) is 3.85. The molecule has 0 saturated heterocycles. The molecule has 5 nitrogen and oxygen atoms in total. The van der Waals surface area contributed by atoms with Crippen molar-refractivity contribution in [3.8, 4) is 0 Å². The fraction of sp³-hybridized carbons (Fsp3) is 0.643. The van der Waals surface area contributed by atoms with Crippen LogP contribution < -0.4 is 5.32 Å². The van der Waals surface area contributed by atoms with Gasteiger partial charge in [0.15, 0.2) is 5.69 Å². The summed E-state index contributed by atoms with van der Waals surface area (Å²) in [6, 6.07) is 0. The molecule has 0 aliphatic carbocycles. The summed E-state index contributed by atoms with van der Waals surface area (Å²) in [7, 11) is 1.39. The lowest BCUT2D eigenvalue weighted by Gasteiger charge is -2.22. The first-order chi connectivity index (χ1) is 8.90. The van der Waals surface area contributed by atoms with Crippen LogP contribution >= 0.6 is 0 Å². The van der Waals surface area contributed by atoms with Crippen LogP contribution in [-0.4, -0.2) is 29.6 Å². The van der Waals surface area contributed by atoms with Gasteiger partial charge in [0, 0.05) is 18.5 Å². The smallest absolute Gasteiger partial charge is 0.357 e. The summed E-state index contributed by atoms with van der Waals surface area (Å²) < 4.78 is 4.84. The number of carbonyl (C=O) groups excluding carboxylic acids is 1. The quantitative estimate of drug-likeness (QED) is 0.819. The predicted molar refractivity (Wildman–Crippen MR) is 71.9 cm³/mol.